The van der Waals surface area contributed by atoms with Gasteiger partial charge in [0, 0.05) is 16.5 Å². The molecule has 1 heterocycles. The molecule has 1 aliphatic rings. The Morgan fingerprint density at radius 1 is 0.950 bits per heavy atom. The lowest BCUT2D eigenvalue weighted by Gasteiger charge is -2.36. The highest BCUT2D eigenvalue weighted by Crippen LogP contribution is 2.49. The number of aryl methyl sites for hydroxylation is 1. The number of benzene rings is 2. The molecular formula is C19H22O. The molecule has 1 heteroatoms. The van der Waals surface area contributed by atoms with Crippen LogP contribution in [0.25, 0.3) is 0 Å². The maximum atomic E-state index is 6.13. The van der Waals surface area contributed by atoms with Crippen LogP contribution in [0.2, 0.25) is 0 Å². The molecule has 0 radical (unpaired) electrons. The molecule has 20 heavy (non-hydrogen) atoms. The van der Waals surface area contributed by atoms with Crippen LogP contribution < -0.4 is 4.74 Å². The SMILES string of the molecule is CCCCc1cccc2c1C(C)(C)c1ccccc1O2. The third-order valence-corrected chi connectivity index (χ3v) is 4.32. The van der Waals surface area contributed by atoms with Crippen molar-refractivity contribution in [3.05, 3.63) is 59.2 Å². The highest BCUT2D eigenvalue weighted by molar-refractivity contribution is 5.59. The van der Waals surface area contributed by atoms with Gasteiger partial charge in [-0.1, -0.05) is 57.5 Å². The van der Waals surface area contributed by atoms with E-state index in [1.807, 2.05) is 6.07 Å². The molecule has 0 saturated heterocycles. The van der Waals surface area contributed by atoms with Crippen molar-refractivity contribution in [3.63, 3.8) is 0 Å². The van der Waals surface area contributed by atoms with E-state index in [9.17, 15) is 0 Å². The van der Waals surface area contributed by atoms with E-state index in [1.165, 1.54) is 29.5 Å². The highest BCUT2D eigenvalue weighted by Gasteiger charge is 2.35. The molecule has 0 amide bonds. The summed E-state index contributed by atoms with van der Waals surface area (Å²) in [6, 6.07) is 14.9. The van der Waals surface area contributed by atoms with Crippen molar-refractivity contribution < 1.29 is 4.74 Å². The second kappa shape index (κ2) is 4.97. The van der Waals surface area contributed by atoms with Gasteiger partial charge >= 0.3 is 0 Å². The lowest BCUT2D eigenvalue weighted by Crippen LogP contribution is -2.26. The van der Waals surface area contributed by atoms with Crippen LogP contribution in [0.4, 0.5) is 0 Å². The van der Waals surface area contributed by atoms with Crippen LogP contribution in [0.5, 0.6) is 11.5 Å². The molecule has 0 saturated carbocycles. The quantitative estimate of drug-likeness (QED) is 0.716. The van der Waals surface area contributed by atoms with Crippen molar-refractivity contribution in [2.75, 3.05) is 0 Å². The molecule has 0 bridgehead atoms. The average molecular weight is 266 g/mol. The van der Waals surface area contributed by atoms with Gasteiger partial charge in [0.25, 0.3) is 0 Å². The van der Waals surface area contributed by atoms with Gasteiger partial charge in [0.1, 0.15) is 11.5 Å². The summed E-state index contributed by atoms with van der Waals surface area (Å²) in [5.74, 6) is 2.03. The Hall–Kier alpha value is -1.76. The first-order chi connectivity index (χ1) is 9.64. The molecule has 0 fully saturated rings. The van der Waals surface area contributed by atoms with Gasteiger partial charge in [-0.15, -0.1) is 0 Å². The maximum absolute atomic E-state index is 6.13. The summed E-state index contributed by atoms with van der Waals surface area (Å²) in [6.07, 6.45) is 3.59. The molecule has 0 N–H and O–H groups in total. The zero-order chi connectivity index (χ0) is 14.2. The number of rotatable bonds is 3. The molecule has 0 unspecified atom stereocenters. The molecular weight excluding hydrogens is 244 g/mol. The predicted octanol–water partition coefficient (Wildman–Crippen LogP) is 5.46. The summed E-state index contributed by atoms with van der Waals surface area (Å²) in [7, 11) is 0. The first kappa shape index (κ1) is 13.2. The average Bonchev–Trinajstić information content (AvgIpc) is 2.45. The van der Waals surface area contributed by atoms with E-state index in [1.54, 1.807) is 0 Å². The molecule has 2 aromatic carbocycles. The number of fused-ring (bicyclic) bond motifs is 2. The highest BCUT2D eigenvalue weighted by atomic mass is 16.5. The molecule has 0 atom stereocenters. The van der Waals surface area contributed by atoms with E-state index in [0.717, 1.165) is 17.9 Å². The van der Waals surface area contributed by atoms with Gasteiger partial charge in [-0.25, -0.2) is 0 Å². The first-order valence-electron chi connectivity index (χ1n) is 7.54. The second-order valence-electron chi connectivity index (χ2n) is 6.12. The van der Waals surface area contributed by atoms with Crippen molar-refractivity contribution >= 4 is 0 Å². The standard InChI is InChI=1S/C19H22O/c1-4-5-9-14-10-8-13-17-18(14)19(2,3)15-11-6-7-12-16(15)20-17/h6-8,10-13H,4-5,9H2,1-3H3. The van der Waals surface area contributed by atoms with E-state index in [0.29, 0.717) is 0 Å². The van der Waals surface area contributed by atoms with E-state index in [2.05, 4.69) is 57.2 Å². The molecule has 0 aliphatic carbocycles. The third-order valence-electron chi connectivity index (χ3n) is 4.32. The van der Waals surface area contributed by atoms with Crippen LogP contribution in [0.1, 0.15) is 50.3 Å². The van der Waals surface area contributed by atoms with Gasteiger partial charge in [-0.05, 0) is 30.5 Å². The number of ether oxygens (including phenoxy) is 1. The van der Waals surface area contributed by atoms with Crippen LogP contribution >= 0.6 is 0 Å². The summed E-state index contributed by atoms with van der Waals surface area (Å²) < 4.78 is 6.13. The summed E-state index contributed by atoms with van der Waals surface area (Å²) in [5.41, 5.74) is 4.10. The molecule has 3 rings (SSSR count). The van der Waals surface area contributed by atoms with Crippen LogP contribution in [0.15, 0.2) is 42.5 Å². The monoisotopic (exact) mass is 266 g/mol. The minimum atomic E-state index is 0.00844. The second-order valence-corrected chi connectivity index (χ2v) is 6.12. The van der Waals surface area contributed by atoms with Crippen LogP contribution in [-0.4, -0.2) is 0 Å². The minimum Gasteiger partial charge on any atom is -0.457 e. The zero-order valence-corrected chi connectivity index (χ0v) is 12.6. The predicted molar refractivity (Wildman–Crippen MR) is 83.7 cm³/mol. The summed E-state index contributed by atoms with van der Waals surface area (Å²) >= 11 is 0. The van der Waals surface area contributed by atoms with Crippen LogP contribution in [0, 0.1) is 0 Å². The van der Waals surface area contributed by atoms with E-state index < -0.39 is 0 Å². The number of unbranched alkanes of at least 4 members (excludes halogenated alkanes) is 1. The topological polar surface area (TPSA) is 9.23 Å². The van der Waals surface area contributed by atoms with Crippen LogP contribution in [-0.2, 0) is 11.8 Å². The molecule has 2 aromatic rings. The van der Waals surface area contributed by atoms with E-state index >= 15 is 0 Å². The normalized spacial score (nSPS) is 15.2. The van der Waals surface area contributed by atoms with E-state index in [-0.39, 0.29) is 5.41 Å². The van der Waals surface area contributed by atoms with Crippen LogP contribution in [0.3, 0.4) is 0 Å². The lowest BCUT2D eigenvalue weighted by atomic mass is 9.73. The molecule has 1 nitrogen and oxygen atoms in total. The Morgan fingerprint density at radius 2 is 1.70 bits per heavy atom. The van der Waals surface area contributed by atoms with Gasteiger partial charge in [0.2, 0.25) is 0 Å². The summed E-state index contributed by atoms with van der Waals surface area (Å²) in [6.45, 7) is 6.86. The van der Waals surface area contributed by atoms with Crippen molar-refractivity contribution in [1.82, 2.24) is 0 Å². The van der Waals surface area contributed by atoms with Gasteiger partial charge in [0.15, 0.2) is 0 Å². The Morgan fingerprint density at radius 3 is 2.50 bits per heavy atom. The van der Waals surface area contributed by atoms with Crippen molar-refractivity contribution in [1.29, 1.82) is 0 Å². The molecule has 1 aliphatic heterocycles. The third kappa shape index (κ3) is 2.02. The number of hydrogen-bond donors (Lipinski definition) is 0. The Balaban J connectivity index is 2.14. The summed E-state index contributed by atoms with van der Waals surface area (Å²) in [4.78, 5) is 0. The van der Waals surface area contributed by atoms with Crippen molar-refractivity contribution in [2.45, 2.75) is 45.4 Å². The van der Waals surface area contributed by atoms with Gasteiger partial charge in [-0.2, -0.15) is 0 Å². The van der Waals surface area contributed by atoms with Gasteiger partial charge in [-0.3, -0.25) is 0 Å². The fourth-order valence-electron chi connectivity index (χ4n) is 3.27. The fraction of sp³-hybridized carbons (Fsp3) is 0.368. The van der Waals surface area contributed by atoms with E-state index in [4.69, 9.17) is 4.74 Å². The summed E-state index contributed by atoms with van der Waals surface area (Å²) in [5, 5.41) is 0. The van der Waals surface area contributed by atoms with Crippen molar-refractivity contribution in [3.8, 4) is 11.5 Å². The molecule has 0 aromatic heterocycles. The van der Waals surface area contributed by atoms with Gasteiger partial charge < -0.3 is 4.74 Å². The largest absolute Gasteiger partial charge is 0.457 e. The lowest BCUT2D eigenvalue weighted by molar-refractivity contribution is 0.415. The number of hydrogen-bond acceptors (Lipinski definition) is 1. The first-order valence-corrected chi connectivity index (χ1v) is 7.54. The van der Waals surface area contributed by atoms with Crippen molar-refractivity contribution in [2.24, 2.45) is 0 Å². The fourth-order valence-corrected chi connectivity index (χ4v) is 3.27. The molecule has 0 spiro atoms. The Bertz CT molecular complexity index is 625. The Labute approximate surface area is 121 Å². The maximum Gasteiger partial charge on any atom is 0.131 e. The smallest absolute Gasteiger partial charge is 0.131 e. The zero-order valence-electron chi connectivity index (χ0n) is 12.6. The molecule has 104 valence electrons. The Kier molecular flexibility index (Phi) is 3.29. The van der Waals surface area contributed by atoms with Gasteiger partial charge in [0.05, 0.1) is 0 Å². The minimum absolute atomic E-state index is 0.00844. The number of para-hydroxylation sites is 1.